The zero-order chi connectivity index (χ0) is 14.5. The Kier molecular flexibility index (Phi) is 4.18. The third-order valence-electron chi connectivity index (χ3n) is 3.88. The quantitative estimate of drug-likeness (QED) is 0.932. The highest BCUT2D eigenvalue weighted by Gasteiger charge is 2.21. The van der Waals surface area contributed by atoms with Gasteiger partial charge < -0.3 is 10.1 Å². The van der Waals surface area contributed by atoms with Crippen molar-refractivity contribution < 1.29 is 4.74 Å². The van der Waals surface area contributed by atoms with Gasteiger partial charge in [-0.3, -0.25) is 0 Å². The van der Waals surface area contributed by atoms with E-state index < -0.39 is 0 Å². The van der Waals surface area contributed by atoms with E-state index in [4.69, 9.17) is 4.74 Å². The van der Waals surface area contributed by atoms with E-state index in [2.05, 4.69) is 17.5 Å². The summed E-state index contributed by atoms with van der Waals surface area (Å²) in [6.45, 7) is 1.37. The van der Waals surface area contributed by atoms with Crippen LogP contribution < -0.4 is 10.1 Å². The largest absolute Gasteiger partial charge is 0.493 e. The molecule has 106 valence electrons. The summed E-state index contributed by atoms with van der Waals surface area (Å²) in [4.78, 5) is 0. The smallest absolute Gasteiger partial charge is 0.124 e. The fourth-order valence-electron chi connectivity index (χ4n) is 2.74. The van der Waals surface area contributed by atoms with Gasteiger partial charge in [-0.25, -0.2) is 0 Å². The van der Waals surface area contributed by atoms with Gasteiger partial charge in [-0.15, -0.1) is 0 Å². The summed E-state index contributed by atoms with van der Waals surface area (Å²) in [5.41, 5.74) is 2.25. The molecule has 21 heavy (non-hydrogen) atoms. The van der Waals surface area contributed by atoms with Crippen molar-refractivity contribution in [2.45, 2.75) is 18.4 Å². The molecule has 2 atom stereocenters. The van der Waals surface area contributed by atoms with Gasteiger partial charge in [0.1, 0.15) is 5.75 Å². The SMILES string of the molecule is N#CC(CNC1CCOc2ccccc21)c1ccccc1. The van der Waals surface area contributed by atoms with Crippen LogP contribution in [0.1, 0.15) is 29.5 Å². The van der Waals surface area contributed by atoms with Crippen molar-refractivity contribution >= 4 is 0 Å². The number of rotatable bonds is 4. The number of para-hydroxylation sites is 1. The van der Waals surface area contributed by atoms with Gasteiger partial charge in [-0.2, -0.15) is 5.26 Å². The Labute approximate surface area is 125 Å². The molecule has 0 aliphatic carbocycles. The summed E-state index contributed by atoms with van der Waals surface area (Å²) in [5.74, 6) is 0.829. The first-order valence-electron chi connectivity index (χ1n) is 7.28. The van der Waals surface area contributed by atoms with Crippen LogP contribution in [0.3, 0.4) is 0 Å². The summed E-state index contributed by atoms with van der Waals surface area (Å²) < 4.78 is 5.67. The zero-order valence-electron chi connectivity index (χ0n) is 11.8. The molecule has 0 saturated carbocycles. The Morgan fingerprint density at radius 1 is 1.14 bits per heavy atom. The van der Waals surface area contributed by atoms with Crippen LogP contribution in [0.15, 0.2) is 54.6 Å². The van der Waals surface area contributed by atoms with Crippen LogP contribution in [-0.4, -0.2) is 13.2 Å². The van der Waals surface area contributed by atoms with E-state index in [1.807, 2.05) is 48.5 Å². The van der Waals surface area contributed by atoms with Gasteiger partial charge in [0, 0.05) is 24.6 Å². The Bertz CT molecular complexity index is 633. The molecule has 3 nitrogen and oxygen atoms in total. The van der Waals surface area contributed by atoms with E-state index in [-0.39, 0.29) is 12.0 Å². The number of hydrogen-bond acceptors (Lipinski definition) is 3. The van der Waals surface area contributed by atoms with Crippen LogP contribution in [-0.2, 0) is 0 Å². The summed E-state index contributed by atoms with van der Waals surface area (Å²) in [5, 5.41) is 12.9. The molecule has 1 aliphatic heterocycles. The zero-order valence-corrected chi connectivity index (χ0v) is 11.8. The molecule has 3 rings (SSSR count). The molecule has 0 fully saturated rings. The van der Waals surface area contributed by atoms with Crippen molar-refractivity contribution in [3.63, 3.8) is 0 Å². The molecular weight excluding hydrogens is 260 g/mol. The third kappa shape index (κ3) is 3.07. The number of ether oxygens (including phenoxy) is 1. The molecule has 0 aromatic heterocycles. The monoisotopic (exact) mass is 278 g/mol. The lowest BCUT2D eigenvalue weighted by Gasteiger charge is -2.27. The van der Waals surface area contributed by atoms with Crippen molar-refractivity contribution in [2.24, 2.45) is 0 Å². The van der Waals surface area contributed by atoms with Crippen LogP contribution in [0, 0.1) is 11.3 Å². The first kappa shape index (κ1) is 13.7. The van der Waals surface area contributed by atoms with E-state index >= 15 is 0 Å². The predicted molar refractivity (Wildman–Crippen MR) is 82.1 cm³/mol. The van der Waals surface area contributed by atoms with Crippen molar-refractivity contribution in [3.8, 4) is 11.8 Å². The first-order chi connectivity index (χ1) is 10.4. The van der Waals surface area contributed by atoms with Crippen molar-refractivity contribution in [1.82, 2.24) is 5.32 Å². The molecule has 0 spiro atoms. The normalized spacial score (nSPS) is 18.1. The molecule has 1 aliphatic rings. The van der Waals surface area contributed by atoms with Gasteiger partial charge in [0.25, 0.3) is 0 Å². The van der Waals surface area contributed by atoms with E-state index in [9.17, 15) is 5.26 Å². The van der Waals surface area contributed by atoms with Gasteiger partial charge in [-0.05, 0) is 11.6 Å². The minimum Gasteiger partial charge on any atom is -0.493 e. The van der Waals surface area contributed by atoms with Gasteiger partial charge in [0.15, 0.2) is 0 Å². The van der Waals surface area contributed by atoms with Crippen LogP contribution in [0.2, 0.25) is 0 Å². The maximum Gasteiger partial charge on any atom is 0.124 e. The summed E-state index contributed by atoms with van der Waals surface area (Å²) in [6, 6.07) is 20.7. The molecule has 2 aromatic rings. The number of nitriles is 1. The molecule has 2 unspecified atom stereocenters. The average Bonchev–Trinajstić information content (AvgIpc) is 2.56. The summed E-state index contributed by atoms with van der Waals surface area (Å²) >= 11 is 0. The molecule has 0 saturated heterocycles. The molecule has 0 radical (unpaired) electrons. The van der Waals surface area contributed by atoms with Gasteiger partial charge >= 0.3 is 0 Å². The Morgan fingerprint density at radius 3 is 2.71 bits per heavy atom. The highest BCUT2D eigenvalue weighted by atomic mass is 16.5. The average molecular weight is 278 g/mol. The first-order valence-corrected chi connectivity index (χ1v) is 7.28. The highest BCUT2D eigenvalue weighted by molar-refractivity contribution is 5.37. The molecule has 1 heterocycles. The minimum absolute atomic E-state index is 0.124. The number of nitrogens with zero attached hydrogens (tertiary/aromatic N) is 1. The molecule has 2 aromatic carbocycles. The lowest BCUT2D eigenvalue weighted by Crippen LogP contribution is -2.30. The second-order valence-electron chi connectivity index (χ2n) is 5.23. The standard InChI is InChI=1S/C18H18N2O/c19-12-15(14-6-2-1-3-7-14)13-20-17-10-11-21-18-9-5-4-8-16(17)18/h1-9,15,17,20H,10-11,13H2. The Hall–Kier alpha value is -2.31. The van der Waals surface area contributed by atoms with Crippen LogP contribution in [0.4, 0.5) is 0 Å². The van der Waals surface area contributed by atoms with Crippen LogP contribution in [0.5, 0.6) is 5.75 Å². The lowest BCUT2D eigenvalue weighted by molar-refractivity contribution is 0.252. The molecular formula is C18H18N2O. The van der Waals surface area contributed by atoms with E-state index in [0.29, 0.717) is 6.54 Å². The number of fused-ring (bicyclic) bond motifs is 1. The predicted octanol–water partition coefficient (Wildman–Crippen LogP) is 3.41. The van der Waals surface area contributed by atoms with E-state index in [0.717, 1.165) is 24.3 Å². The maximum absolute atomic E-state index is 9.39. The van der Waals surface area contributed by atoms with Crippen molar-refractivity contribution in [3.05, 3.63) is 65.7 Å². The van der Waals surface area contributed by atoms with Gasteiger partial charge in [-0.1, -0.05) is 48.5 Å². The topological polar surface area (TPSA) is 45.0 Å². The summed E-state index contributed by atoms with van der Waals surface area (Å²) in [7, 11) is 0. The van der Waals surface area contributed by atoms with Gasteiger partial charge in [0.2, 0.25) is 0 Å². The van der Waals surface area contributed by atoms with Crippen LogP contribution >= 0.6 is 0 Å². The number of nitrogens with one attached hydrogen (secondary N) is 1. The van der Waals surface area contributed by atoms with Crippen LogP contribution in [0.25, 0.3) is 0 Å². The minimum atomic E-state index is -0.124. The summed E-state index contributed by atoms with van der Waals surface area (Å²) in [6.07, 6.45) is 0.934. The Balaban J connectivity index is 1.70. The fraction of sp³-hybridized carbons (Fsp3) is 0.278. The van der Waals surface area contributed by atoms with Crippen molar-refractivity contribution in [1.29, 1.82) is 5.26 Å². The molecule has 3 heteroatoms. The second-order valence-corrected chi connectivity index (χ2v) is 5.23. The fourth-order valence-corrected chi connectivity index (χ4v) is 2.74. The number of hydrogen-bond donors (Lipinski definition) is 1. The Morgan fingerprint density at radius 2 is 1.90 bits per heavy atom. The van der Waals surface area contributed by atoms with E-state index in [1.54, 1.807) is 0 Å². The second kappa shape index (κ2) is 6.43. The molecule has 1 N–H and O–H groups in total. The third-order valence-corrected chi connectivity index (χ3v) is 3.88. The highest BCUT2D eigenvalue weighted by Crippen LogP contribution is 2.31. The maximum atomic E-state index is 9.39. The van der Waals surface area contributed by atoms with Gasteiger partial charge in [0.05, 0.1) is 18.6 Å². The van der Waals surface area contributed by atoms with Crippen molar-refractivity contribution in [2.75, 3.05) is 13.2 Å². The number of benzene rings is 2. The molecule has 0 amide bonds. The lowest BCUT2D eigenvalue weighted by atomic mass is 9.97. The molecule has 0 bridgehead atoms. The van der Waals surface area contributed by atoms with E-state index in [1.165, 1.54) is 5.56 Å².